The molecule has 0 amide bonds. The van der Waals surface area contributed by atoms with E-state index < -0.39 is 10.0 Å². The number of methoxy groups -OCH3 is 1. The number of rotatable bonds is 8. The van der Waals surface area contributed by atoms with E-state index >= 15 is 0 Å². The fourth-order valence-corrected chi connectivity index (χ4v) is 2.73. The number of hydrogen-bond acceptors (Lipinski definition) is 6. The van der Waals surface area contributed by atoms with Gasteiger partial charge in [0.15, 0.2) is 0 Å². The molecule has 0 radical (unpaired) electrons. The van der Waals surface area contributed by atoms with Crippen molar-refractivity contribution in [1.82, 2.24) is 14.8 Å². The van der Waals surface area contributed by atoms with Crippen LogP contribution in [0.3, 0.4) is 0 Å². The number of sulfonamides is 1. The van der Waals surface area contributed by atoms with Gasteiger partial charge in [0.25, 0.3) is 0 Å². The van der Waals surface area contributed by atoms with E-state index in [-0.39, 0.29) is 10.9 Å². The van der Waals surface area contributed by atoms with Crippen LogP contribution in [0.15, 0.2) is 65.6 Å². The Morgan fingerprint density at radius 1 is 1.24 bits per heavy atom. The normalized spacial score (nSPS) is 11.8. The molecule has 2 N–H and O–H groups in total. The van der Waals surface area contributed by atoms with Crippen molar-refractivity contribution in [1.29, 1.82) is 0 Å². The van der Waals surface area contributed by atoms with Gasteiger partial charge in [0.05, 0.1) is 17.2 Å². The second-order valence-electron chi connectivity index (χ2n) is 5.91. The van der Waals surface area contributed by atoms with E-state index in [0.29, 0.717) is 24.5 Å². The summed E-state index contributed by atoms with van der Waals surface area (Å²) in [6.07, 6.45) is 7.95. The molecule has 158 valence electrons. The Morgan fingerprint density at radius 2 is 1.86 bits per heavy atom. The number of allylic oxidation sites excluding steroid dienone is 5. The molecule has 1 aromatic carbocycles. The lowest BCUT2D eigenvalue weighted by atomic mass is 10.2. The summed E-state index contributed by atoms with van der Waals surface area (Å²) >= 11 is 0. The lowest BCUT2D eigenvalue weighted by Crippen LogP contribution is -2.12. The van der Waals surface area contributed by atoms with Crippen LogP contribution in [0.1, 0.15) is 19.7 Å². The highest BCUT2D eigenvalue weighted by Crippen LogP contribution is 2.18. The number of aromatic nitrogens is 3. The maximum Gasteiger partial charge on any atom is 0.336 e. The number of nitrogens with zero attached hydrogens (tertiary/aromatic N) is 3. The van der Waals surface area contributed by atoms with Crippen molar-refractivity contribution in [3.05, 3.63) is 66.5 Å². The van der Waals surface area contributed by atoms with E-state index in [1.807, 2.05) is 32.1 Å². The van der Waals surface area contributed by atoms with Crippen LogP contribution in [-0.4, -0.2) is 44.0 Å². The highest BCUT2D eigenvalue weighted by molar-refractivity contribution is 7.89. The maximum absolute atomic E-state index is 11.4. The number of nitrogens with two attached hydrogens (primary N) is 1. The van der Waals surface area contributed by atoms with Crippen molar-refractivity contribution in [2.75, 3.05) is 20.8 Å². The van der Waals surface area contributed by atoms with Crippen LogP contribution in [0.2, 0.25) is 0 Å². The third kappa shape index (κ3) is 8.02. The molecule has 0 atom stereocenters. The first kappa shape index (κ1) is 24.3. The minimum atomic E-state index is -3.74. The van der Waals surface area contributed by atoms with E-state index in [2.05, 4.69) is 21.4 Å². The first-order valence-electron chi connectivity index (χ1n) is 8.83. The molecule has 8 nitrogen and oxygen atoms in total. The van der Waals surface area contributed by atoms with Crippen LogP contribution >= 0.6 is 0 Å². The summed E-state index contributed by atoms with van der Waals surface area (Å²) in [7, 11) is -0.492. The molecule has 0 aliphatic rings. The predicted octanol–water partition coefficient (Wildman–Crippen LogP) is 2.81. The number of benzene rings is 1. The van der Waals surface area contributed by atoms with Crippen LogP contribution in [-0.2, 0) is 21.2 Å². The topological polar surface area (TPSA) is 109 Å². The Balaban J connectivity index is 0.00000132. The molecule has 0 spiro atoms. The van der Waals surface area contributed by atoms with Crippen LogP contribution in [0.4, 0.5) is 0 Å². The van der Waals surface area contributed by atoms with Crippen LogP contribution in [0.25, 0.3) is 5.69 Å². The van der Waals surface area contributed by atoms with Gasteiger partial charge in [-0.3, -0.25) is 0 Å². The summed E-state index contributed by atoms with van der Waals surface area (Å²) in [5.41, 5.74) is 1.74. The van der Waals surface area contributed by atoms with Crippen LogP contribution in [0.5, 0.6) is 6.01 Å². The molecule has 9 heteroatoms. The quantitative estimate of drug-likeness (QED) is 0.658. The van der Waals surface area contributed by atoms with Gasteiger partial charge in [0.2, 0.25) is 10.0 Å². The molecule has 0 fully saturated rings. The number of hydrogen-bond donors (Lipinski definition) is 1. The molecule has 29 heavy (non-hydrogen) atoms. The Bertz CT molecular complexity index is 945. The van der Waals surface area contributed by atoms with Crippen molar-refractivity contribution in [2.45, 2.75) is 25.2 Å². The van der Waals surface area contributed by atoms with Crippen molar-refractivity contribution >= 4 is 10.0 Å². The van der Waals surface area contributed by atoms with Crippen molar-refractivity contribution in [2.24, 2.45) is 5.14 Å². The predicted molar refractivity (Wildman–Crippen MR) is 114 cm³/mol. The van der Waals surface area contributed by atoms with E-state index in [4.69, 9.17) is 9.88 Å². The summed E-state index contributed by atoms with van der Waals surface area (Å²) in [6.45, 7) is 7.92. The molecule has 0 aliphatic carbocycles. The third-order valence-electron chi connectivity index (χ3n) is 3.40. The smallest absolute Gasteiger partial charge is 0.336 e. The summed E-state index contributed by atoms with van der Waals surface area (Å²) in [6, 6.07) is 6.40. The summed E-state index contributed by atoms with van der Waals surface area (Å²) in [4.78, 5) is 4.46. The Kier molecular flexibility index (Phi) is 10.0. The highest BCUT2D eigenvalue weighted by atomic mass is 32.2. The zero-order valence-electron chi connectivity index (χ0n) is 17.2. The van der Waals surface area contributed by atoms with Gasteiger partial charge in [-0.2, -0.15) is 4.98 Å². The zero-order valence-corrected chi connectivity index (χ0v) is 18.0. The SMILES string of the molecule is C=C/C=C\C=C(/C)Cc1nc(OCC)nn1-c1ccc(S(N)(=O)=O)cc1.COC. The largest absolute Gasteiger partial charge is 0.463 e. The lowest BCUT2D eigenvalue weighted by molar-refractivity contribution is 0.277. The fraction of sp³-hybridized carbons (Fsp3) is 0.300. The number of ether oxygens (including phenoxy) is 2. The minimum absolute atomic E-state index is 0.0404. The molecule has 0 saturated heterocycles. The van der Waals surface area contributed by atoms with E-state index in [1.54, 1.807) is 37.1 Å². The number of primary sulfonamides is 1. The monoisotopic (exact) mass is 420 g/mol. The van der Waals surface area contributed by atoms with Crippen molar-refractivity contribution < 1.29 is 17.9 Å². The van der Waals surface area contributed by atoms with E-state index in [0.717, 1.165) is 5.57 Å². The first-order chi connectivity index (χ1) is 13.8. The van der Waals surface area contributed by atoms with Crippen LogP contribution < -0.4 is 9.88 Å². The minimum Gasteiger partial charge on any atom is -0.463 e. The second kappa shape index (κ2) is 11.9. The molecule has 0 unspecified atom stereocenters. The average molecular weight is 421 g/mol. The van der Waals surface area contributed by atoms with Gasteiger partial charge in [0.1, 0.15) is 5.82 Å². The molecule has 0 aliphatic heterocycles. The second-order valence-corrected chi connectivity index (χ2v) is 7.47. The first-order valence-corrected chi connectivity index (χ1v) is 10.4. The van der Waals surface area contributed by atoms with Crippen LogP contribution in [0, 0.1) is 0 Å². The zero-order chi connectivity index (χ0) is 21.9. The Morgan fingerprint density at radius 3 is 2.38 bits per heavy atom. The Hall–Kier alpha value is -2.75. The van der Waals surface area contributed by atoms with E-state index in [1.165, 1.54) is 12.1 Å². The molecule has 1 heterocycles. The van der Waals surface area contributed by atoms with Gasteiger partial charge in [-0.15, -0.1) is 5.10 Å². The average Bonchev–Trinajstić information content (AvgIpc) is 3.04. The lowest BCUT2D eigenvalue weighted by Gasteiger charge is -2.06. The standard InChI is InChI=1S/C18H22N4O3S.C2H6O/c1-4-6-7-8-14(3)13-17-20-18(25-5-2)21-22(17)15-9-11-16(12-10-15)26(19,23)24;1-3-2/h4,6-12H,1,5,13H2,2-3H3,(H2,19,23,24);1-2H3/b7-6-,14-8+;. The van der Waals surface area contributed by atoms with Gasteiger partial charge in [-0.05, 0) is 38.1 Å². The third-order valence-corrected chi connectivity index (χ3v) is 4.33. The maximum atomic E-state index is 11.4. The molecule has 2 aromatic rings. The molecular weight excluding hydrogens is 392 g/mol. The van der Waals surface area contributed by atoms with Gasteiger partial charge in [-0.25, -0.2) is 18.2 Å². The highest BCUT2D eigenvalue weighted by Gasteiger charge is 2.14. The summed E-state index contributed by atoms with van der Waals surface area (Å²) < 4.78 is 34.1. The summed E-state index contributed by atoms with van der Waals surface area (Å²) in [5, 5.41) is 9.49. The molecule has 1 aromatic heterocycles. The van der Waals surface area contributed by atoms with Crippen molar-refractivity contribution in [3.8, 4) is 11.7 Å². The molecule has 2 rings (SSSR count). The van der Waals surface area contributed by atoms with Gasteiger partial charge >= 0.3 is 6.01 Å². The molecule has 0 bridgehead atoms. The summed E-state index contributed by atoms with van der Waals surface area (Å²) in [5.74, 6) is 0.678. The molecular formula is C20H28N4O4S. The van der Waals surface area contributed by atoms with Gasteiger partial charge in [-0.1, -0.05) is 36.5 Å². The van der Waals surface area contributed by atoms with E-state index in [9.17, 15) is 8.42 Å². The van der Waals surface area contributed by atoms with Crippen molar-refractivity contribution in [3.63, 3.8) is 0 Å². The molecule has 0 saturated carbocycles. The fourth-order valence-electron chi connectivity index (χ4n) is 2.22. The van der Waals surface area contributed by atoms with Gasteiger partial charge < -0.3 is 9.47 Å². The van der Waals surface area contributed by atoms with Gasteiger partial charge in [0, 0.05) is 20.6 Å². The Labute approximate surface area is 172 Å².